The summed E-state index contributed by atoms with van der Waals surface area (Å²) in [5.41, 5.74) is 4.66. The predicted octanol–water partition coefficient (Wildman–Crippen LogP) is 2.74. The molecule has 0 aliphatic heterocycles. The number of pyridine rings is 1. The number of fused-ring (bicyclic) bond motifs is 1. The molecule has 1 aromatic rings. The minimum atomic E-state index is -0.479. The monoisotopic (exact) mass is 237 g/mol. The van der Waals surface area contributed by atoms with Crippen LogP contribution in [0.5, 0.6) is 0 Å². The molecule has 0 amide bonds. The smallest absolute Gasteiger partial charge is 0.0947 e. The van der Waals surface area contributed by atoms with Gasteiger partial charge in [0, 0.05) is 12.4 Å². The summed E-state index contributed by atoms with van der Waals surface area (Å²) in [6.07, 6.45) is 15.2. The maximum atomic E-state index is 10.1. The van der Waals surface area contributed by atoms with Gasteiger partial charge in [-0.05, 0) is 47.3 Å². The van der Waals surface area contributed by atoms with E-state index in [1.165, 1.54) is 16.7 Å². The van der Waals surface area contributed by atoms with E-state index in [2.05, 4.69) is 23.2 Å². The van der Waals surface area contributed by atoms with E-state index in [4.69, 9.17) is 0 Å². The van der Waals surface area contributed by atoms with E-state index in [0.717, 1.165) is 18.4 Å². The molecule has 3 rings (SSSR count). The van der Waals surface area contributed by atoms with Gasteiger partial charge in [-0.15, -0.1) is 0 Å². The van der Waals surface area contributed by atoms with E-state index in [9.17, 15) is 5.11 Å². The summed E-state index contributed by atoms with van der Waals surface area (Å²) in [5.74, 6) is 0. The van der Waals surface area contributed by atoms with Crippen LogP contribution in [0.4, 0.5) is 0 Å². The Bertz CT molecular complexity index is 564. The Balaban J connectivity index is 1.98. The highest BCUT2D eigenvalue weighted by atomic mass is 16.3. The minimum Gasteiger partial charge on any atom is -0.385 e. The predicted molar refractivity (Wildman–Crippen MR) is 72.0 cm³/mol. The van der Waals surface area contributed by atoms with E-state index < -0.39 is 6.10 Å². The average molecular weight is 237 g/mol. The molecule has 2 heteroatoms. The van der Waals surface area contributed by atoms with E-state index in [0.29, 0.717) is 0 Å². The SMILES string of the molecule is OC1C=CC2=CCC=CC2=C1Cc1ccncc1. The van der Waals surface area contributed by atoms with Gasteiger partial charge in [0.25, 0.3) is 0 Å². The molecule has 1 N–H and O–H groups in total. The van der Waals surface area contributed by atoms with Crippen molar-refractivity contribution in [2.75, 3.05) is 0 Å². The van der Waals surface area contributed by atoms with Crippen LogP contribution in [0.2, 0.25) is 0 Å². The van der Waals surface area contributed by atoms with E-state index in [1.54, 1.807) is 12.4 Å². The van der Waals surface area contributed by atoms with Crippen molar-refractivity contribution in [3.8, 4) is 0 Å². The lowest BCUT2D eigenvalue weighted by Gasteiger charge is -2.23. The van der Waals surface area contributed by atoms with Crippen LogP contribution in [0.25, 0.3) is 0 Å². The Labute approximate surface area is 107 Å². The second-order valence-corrected chi connectivity index (χ2v) is 4.57. The second-order valence-electron chi connectivity index (χ2n) is 4.57. The number of aromatic nitrogens is 1. The maximum Gasteiger partial charge on any atom is 0.0947 e. The number of allylic oxidation sites excluding steroid dienone is 6. The number of hydrogen-bond donors (Lipinski definition) is 1. The van der Waals surface area contributed by atoms with Gasteiger partial charge in [-0.1, -0.05) is 30.4 Å². The van der Waals surface area contributed by atoms with Gasteiger partial charge >= 0.3 is 0 Å². The maximum absolute atomic E-state index is 10.1. The van der Waals surface area contributed by atoms with Crippen molar-refractivity contribution in [1.82, 2.24) is 4.98 Å². The van der Waals surface area contributed by atoms with Crippen LogP contribution < -0.4 is 0 Å². The van der Waals surface area contributed by atoms with Crippen LogP contribution in [0.3, 0.4) is 0 Å². The molecule has 1 heterocycles. The van der Waals surface area contributed by atoms with Crippen LogP contribution in [0.1, 0.15) is 12.0 Å². The van der Waals surface area contributed by atoms with Gasteiger partial charge in [-0.25, -0.2) is 0 Å². The van der Waals surface area contributed by atoms with Gasteiger partial charge in [-0.3, -0.25) is 4.98 Å². The summed E-state index contributed by atoms with van der Waals surface area (Å²) < 4.78 is 0. The zero-order chi connectivity index (χ0) is 12.4. The van der Waals surface area contributed by atoms with Gasteiger partial charge in [0.05, 0.1) is 6.10 Å². The van der Waals surface area contributed by atoms with Crippen molar-refractivity contribution in [3.05, 3.63) is 77.2 Å². The number of rotatable bonds is 2. The molecule has 0 fully saturated rings. The Morgan fingerprint density at radius 1 is 1.22 bits per heavy atom. The molecule has 0 saturated heterocycles. The summed E-state index contributed by atoms with van der Waals surface area (Å²) in [6.45, 7) is 0. The van der Waals surface area contributed by atoms with Gasteiger partial charge in [0.1, 0.15) is 0 Å². The molecular formula is C16H15NO. The molecule has 0 bridgehead atoms. The van der Waals surface area contributed by atoms with Gasteiger partial charge in [-0.2, -0.15) is 0 Å². The van der Waals surface area contributed by atoms with Crippen LogP contribution in [-0.4, -0.2) is 16.2 Å². The lowest BCUT2D eigenvalue weighted by molar-refractivity contribution is 0.254. The first-order chi connectivity index (χ1) is 8.84. The fraction of sp³-hybridized carbons (Fsp3) is 0.188. The summed E-state index contributed by atoms with van der Waals surface area (Å²) >= 11 is 0. The number of aliphatic hydroxyl groups is 1. The molecule has 2 aliphatic carbocycles. The first-order valence-electron chi connectivity index (χ1n) is 6.20. The third kappa shape index (κ3) is 2.07. The Kier molecular flexibility index (Phi) is 2.95. The summed E-state index contributed by atoms with van der Waals surface area (Å²) in [6, 6.07) is 3.99. The lowest BCUT2D eigenvalue weighted by atomic mass is 9.85. The normalized spacial score (nSPS) is 21.8. The Morgan fingerprint density at radius 2 is 2.06 bits per heavy atom. The van der Waals surface area contributed by atoms with Gasteiger partial charge < -0.3 is 5.11 Å². The quantitative estimate of drug-likeness (QED) is 0.858. The average Bonchev–Trinajstić information content (AvgIpc) is 2.43. The summed E-state index contributed by atoms with van der Waals surface area (Å²) in [4.78, 5) is 4.02. The van der Waals surface area contributed by atoms with Crippen LogP contribution >= 0.6 is 0 Å². The molecule has 0 radical (unpaired) electrons. The van der Waals surface area contributed by atoms with Crippen molar-refractivity contribution in [2.24, 2.45) is 0 Å². The number of aliphatic hydroxyl groups excluding tert-OH is 1. The molecule has 1 unspecified atom stereocenters. The molecular weight excluding hydrogens is 222 g/mol. The van der Waals surface area contributed by atoms with Gasteiger partial charge in [0.15, 0.2) is 0 Å². The second kappa shape index (κ2) is 4.75. The molecule has 1 aromatic heterocycles. The molecule has 18 heavy (non-hydrogen) atoms. The topological polar surface area (TPSA) is 33.1 Å². The van der Waals surface area contributed by atoms with E-state index >= 15 is 0 Å². The molecule has 0 aromatic carbocycles. The molecule has 2 aliphatic rings. The van der Waals surface area contributed by atoms with E-state index in [1.807, 2.05) is 24.3 Å². The lowest BCUT2D eigenvalue weighted by Crippen LogP contribution is -2.16. The fourth-order valence-electron chi connectivity index (χ4n) is 2.43. The largest absolute Gasteiger partial charge is 0.385 e. The van der Waals surface area contributed by atoms with E-state index in [-0.39, 0.29) is 0 Å². The summed E-state index contributed by atoms with van der Waals surface area (Å²) in [5, 5.41) is 10.1. The highest BCUT2D eigenvalue weighted by Crippen LogP contribution is 2.30. The molecule has 0 spiro atoms. The third-order valence-electron chi connectivity index (χ3n) is 3.37. The van der Waals surface area contributed by atoms with Gasteiger partial charge in [0.2, 0.25) is 0 Å². The zero-order valence-corrected chi connectivity index (χ0v) is 10.1. The third-order valence-corrected chi connectivity index (χ3v) is 3.37. The van der Waals surface area contributed by atoms with Crippen LogP contribution in [0.15, 0.2) is 71.6 Å². The fourth-order valence-corrected chi connectivity index (χ4v) is 2.43. The molecule has 2 nitrogen and oxygen atoms in total. The highest BCUT2D eigenvalue weighted by Gasteiger charge is 2.19. The first-order valence-corrected chi connectivity index (χ1v) is 6.20. The minimum absolute atomic E-state index is 0.479. The highest BCUT2D eigenvalue weighted by molar-refractivity contribution is 5.57. The van der Waals surface area contributed by atoms with Crippen molar-refractivity contribution in [2.45, 2.75) is 18.9 Å². The van der Waals surface area contributed by atoms with Crippen molar-refractivity contribution < 1.29 is 5.11 Å². The Morgan fingerprint density at radius 3 is 2.89 bits per heavy atom. The standard InChI is InChI=1S/C16H15NO/c18-16-6-5-13-3-1-2-4-14(13)15(16)11-12-7-9-17-10-8-12/h2-10,16,18H,1,11H2. The van der Waals surface area contributed by atoms with Crippen molar-refractivity contribution in [3.63, 3.8) is 0 Å². The van der Waals surface area contributed by atoms with Crippen molar-refractivity contribution >= 4 is 0 Å². The Hall–Kier alpha value is -1.93. The molecule has 0 saturated carbocycles. The van der Waals surface area contributed by atoms with Crippen LogP contribution in [-0.2, 0) is 6.42 Å². The number of nitrogens with zero attached hydrogens (tertiary/aromatic N) is 1. The zero-order valence-electron chi connectivity index (χ0n) is 10.1. The first kappa shape index (κ1) is 11.2. The summed E-state index contributed by atoms with van der Waals surface area (Å²) in [7, 11) is 0. The van der Waals surface area contributed by atoms with Crippen LogP contribution in [0, 0.1) is 0 Å². The number of hydrogen-bond acceptors (Lipinski definition) is 2. The molecule has 1 atom stereocenters. The van der Waals surface area contributed by atoms with Crippen molar-refractivity contribution in [1.29, 1.82) is 0 Å². The molecule has 90 valence electrons.